The molecule has 0 bridgehead atoms. The highest BCUT2D eigenvalue weighted by Crippen LogP contribution is 2.20. The first kappa shape index (κ1) is 21.2. The predicted molar refractivity (Wildman–Crippen MR) is 117 cm³/mol. The summed E-state index contributed by atoms with van der Waals surface area (Å²) in [4.78, 5) is 30.7. The van der Waals surface area contributed by atoms with Crippen LogP contribution in [0.1, 0.15) is 11.1 Å². The second-order valence-electron chi connectivity index (χ2n) is 8.13. The molecule has 1 amide bonds. The highest BCUT2D eigenvalue weighted by atomic mass is 16.5. The topological polar surface area (TPSA) is 63.5 Å². The van der Waals surface area contributed by atoms with Gasteiger partial charge in [0.2, 0.25) is 0 Å². The van der Waals surface area contributed by atoms with Gasteiger partial charge in [-0.05, 0) is 29.8 Å². The highest BCUT2D eigenvalue weighted by molar-refractivity contribution is 5.79. The van der Waals surface area contributed by atoms with Crippen molar-refractivity contribution in [3.05, 3.63) is 59.7 Å². The van der Waals surface area contributed by atoms with E-state index in [1.807, 2.05) is 41.3 Å². The molecule has 31 heavy (non-hydrogen) atoms. The molecule has 164 valence electrons. The Morgan fingerprint density at radius 2 is 1.65 bits per heavy atom. The van der Waals surface area contributed by atoms with Crippen molar-refractivity contribution in [2.24, 2.45) is 0 Å². The minimum atomic E-state index is -0.343. The molecule has 2 aliphatic heterocycles. The maximum Gasteiger partial charge on any atom is 0.365 e. The molecule has 1 unspecified atom stereocenters. The summed E-state index contributed by atoms with van der Waals surface area (Å²) in [5.41, 5.74) is 3.51. The van der Waals surface area contributed by atoms with Crippen molar-refractivity contribution >= 4 is 17.6 Å². The third-order valence-electron chi connectivity index (χ3n) is 6.39. The lowest BCUT2D eigenvalue weighted by atomic mass is 9.94. The molecule has 0 aliphatic carbocycles. The van der Waals surface area contributed by atoms with Crippen LogP contribution in [0.4, 0.5) is 5.69 Å². The molecule has 0 spiro atoms. The van der Waals surface area contributed by atoms with E-state index < -0.39 is 0 Å². The number of quaternary nitrogens is 1. The van der Waals surface area contributed by atoms with E-state index in [1.54, 1.807) is 7.11 Å². The van der Waals surface area contributed by atoms with Crippen molar-refractivity contribution in [3.63, 3.8) is 0 Å². The Balaban J connectivity index is 1.37. The van der Waals surface area contributed by atoms with Crippen LogP contribution in [0, 0.1) is 0 Å². The van der Waals surface area contributed by atoms with E-state index in [9.17, 15) is 9.59 Å². The molecule has 2 heterocycles. The maximum atomic E-state index is 13.1. The van der Waals surface area contributed by atoms with E-state index in [2.05, 4.69) is 17.0 Å². The van der Waals surface area contributed by atoms with E-state index in [0.29, 0.717) is 32.6 Å². The molecule has 1 saturated heterocycles. The second-order valence-corrected chi connectivity index (χ2v) is 8.13. The Kier molecular flexibility index (Phi) is 6.42. The number of fused-ring (bicyclic) bond motifs is 1. The van der Waals surface area contributed by atoms with Gasteiger partial charge in [0, 0.05) is 43.9 Å². The van der Waals surface area contributed by atoms with Crippen molar-refractivity contribution in [1.82, 2.24) is 4.90 Å². The van der Waals surface area contributed by atoms with E-state index >= 15 is 0 Å². The van der Waals surface area contributed by atoms with Crippen LogP contribution in [0.3, 0.4) is 0 Å². The molecule has 7 nitrogen and oxygen atoms in total. The number of ether oxygens (including phenoxy) is 2. The van der Waals surface area contributed by atoms with Crippen molar-refractivity contribution in [2.75, 3.05) is 51.8 Å². The van der Waals surface area contributed by atoms with Crippen LogP contribution in [0.15, 0.2) is 48.5 Å². The van der Waals surface area contributed by atoms with Crippen molar-refractivity contribution in [2.45, 2.75) is 19.0 Å². The van der Waals surface area contributed by atoms with Gasteiger partial charge in [-0.2, -0.15) is 0 Å². The Labute approximate surface area is 183 Å². The largest absolute Gasteiger partial charge is 0.497 e. The standard InChI is InChI=1S/C24H29N3O4/c1-30-21-9-7-20(8-10-21)25-11-13-26(14-12-25)23(28)17-27-16-19-6-4-3-5-18(19)15-22(27)24(29)31-2/h3-10,22H,11-17H2,1-2H3/p+1/t22-/m0/s1. The van der Waals surface area contributed by atoms with Gasteiger partial charge in [-0.3, -0.25) is 4.79 Å². The number of hydrogen-bond acceptors (Lipinski definition) is 5. The number of rotatable bonds is 5. The molecular weight excluding hydrogens is 394 g/mol. The number of nitrogens with one attached hydrogen (secondary N) is 1. The Hall–Kier alpha value is -3.06. The number of carbonyl (C=O) groups is 2. The number of nitrogens with zero attached hydrogens (tertiary/aromatic N) is 2. The highest BCUT2D eigenvalue weighted by Gasteiger charge is 2.38. The van der Waals surface area contributed by atoms with Crippen LogP contribution in [0.2, 0.25) is 0 Å². The molecule has 2 aromatic carbocycles. The van der Waals surface area contributed by atoms with Gasteiger partial charge in [0.15, 0.2) is 12.6 Å². The monoisotopic (exact) mass is 424 g/mol. The molecule has 2 aliphatic rings. The quantitative estimate of drug-likeness (QED) is 0.710. The van der Waals surface area contributed by atoms with Crippen LogP contribution in [0.25, 0.3) is 0 Å². The number of anilines is 1. The number of methoxy groups -OCH3 is 2. The lowest BCUT2D eigenvalue weighted by Gasteiger charge is -2.37. The molecule has 1 N–H and O–H groups in total. The van der Waals surface area contributed by atoms with E-state index in [1.165, 1.54) is 18.2 Å². The van der Waals surface area contributed by atoms with Crippen LogP contribution in [-0.4, -0.2) is 69.8 Å². The van der Waals surface area contributed by atoms with Gasteiger partial charge in [-0.25, -0.2) is 4.79 Å². The first-order chi connectivity index (χ1) is 15.1. The summed E-state index contributed by atoms with van der Waals surface area (Å²) in [5.74, 6) is 0.683. The third kappa shape index (κ3) is 4.66. The molecule has 4 rings (SSSR count). The van der Waals surface area contributed by atoms with Crippen LogP contribution >= 0.6 is 0 Å². The van der Waals surface area contributed by atoms with Gasteiger partial charge >= 0.3 is 5.97 Å². The normalized spacial score (nSPS) is 20.7. The molecule has 2 aromatic rings. The maximum absolute atomic E-state index is 13.1. The number of piperazine rings is 1. The van der Waals surface area contributed by atoms with Gasteiger partial charge in [0.25, 0.3) is 5.91 Å². The third-order valence-corrected chi connectivity index (χ3v) is 6.39. The van der Waals surface area contributed by atoms with Gasteiger partial charge < -0.3 is 24.2 Å². The molecule has 7 heteroatoms. The lowest BCUT2D eigenvalue weighted by molar-refractivity contribution is -0.925. The summed E-state index contributed by atoms with van der Waals surface area (Å²) in [6.07, 6.45) is 0.608. The summed E-state index contributed by atoms with van der Waals surface area (Å²) in [5, 5.41) is 0. The van der Waals surface area contributed by atoms with E-state index in [0.717, 1.165) is 29.4 Å². The minimum Gasteiger partial charge on any atom is -0.497 e. The summed E-state index contributed by atoms with van der Waals surface area (Å²) >= 11 is 0. The Morgan fingerprint density at radius 3 is 2.29 bits per heavy atom. The van der Waals surface area contributed by atoms with Gasteiger partial charge in [-0.15, -0.1) is 0 Å². The van der Waals surface area contributed by atoms with E-state index in [4.69, 9.17) is 9.47 Å². The molecule has 0 radical (unpaired) electrons. The first-order valence-electron chi connectivity index (χ1n) is 10.7. The summed E-state index contributed by atoms with van der Waals surface area (Å²) < 4.78 is 10.3. The average Bonchev–Trinajstić information content (AvgIpc) is 2.83. The Bertz CT molecular complexity index is 923. The zero-order valence-corrected chi connectivity index (χ0v) is 18.2. The number of amides is 1. The zero-order chi connectivity index (χ0) is 21.8. The SMILES string of the molecule is COC(=O)[C@@H]1Cc2ccccc2C[NH+]1CC(=O)N1CCN(c2ccc(OC)cc2)CC1. The smallest absolute Gasteiger partial charge is 0.365 e. The fourth-order valence-electron chi connectivity index (χ4n) is 4.55. The van der Waals surface area contributed by atoms with Crippen LogP contribution < -0.4 is 14.5 Å². The molecular formula is C24H30N3O4+. The van der Waals surface area contributed by atoms with Crippen LogP contribution in [0.5, 0.6) is 5.75 Å². The van der Waals surface area contributed by atoms with Crippen LogP contribution in [-0.2, 0) is 27.3 Å². The number of carbonyl (C=O) groups excluding carboxylic acids is 2. The molecule has 0 aromatic heterocycles. The summed E-state index contributed by atoms with van der Waals surface area (Å²) in [6.45, 7) is 3.90. The Morgan fingerprint density at radius 1 is 0.968 bits per heavy atom. The fraction of sp³-hybridized carbons (Fsp3) is 0.417. The summed E-state index contributed by atoms with van der Waals surface area (Å²) in [7, 11) is 3.08. The second kappa shape index (κ2) is 9.39. The summed E-state index contributed by atoms with van der Waals surface area (Å²) in [6, 6.07) is 15.8. The number of hydrogen-bond donors (Lipinski definition) is 1. The van der Waals surface area contributed by atoms with Gasteiger partial charge in [0.1, 0.15) is 12.3 Å². The van der Waals surface area contributed by atoms with E-state index in [-0.39, 0.29) is 17.9 Å². The van der Waals surface area contributed by atoms with Crippen molar-refractivity contribution in [1.29, 1.82) is 0 Å². The number of esters is 1. The molecule has 0 saturated carbocycles. The van der Waals surface area contributed by atoms with Gasteiger partial charge in [-0.1, -0.05) is 24.3 Å². The zero-order valence-electron chi connectivity index (χ0n) is 18.2. The molecule has 1 fully saturated rings. The predicted octanol–water partition coefficient (Wildman–Crippen LogP) is 0.527. The molecule has 2 atom stereocenters. The minimum absolute atomic E-state index is 0.0951. The number of benzene rings is 2. The first-order valence-corrected chi connectivity index (χ1v) is 10.7. The average molecular weight is 425 g/mol. The van der Waals surface area contributed by atoms with Gasteiger partial charge in [0.05, 0.1) is 14.2 Å². The van der Waals surface area contributed by atoms with Crippen molar-refractivity contribution < 1.29 is 24.0 Å². The van der Waals surface area contributed by atoms with Crippen molar-refractivity contribution in [3.8, 4) is 5.75 Å². The fourth-order valence-corrected chi connectivity index (χ4v) is 4.55. The lowest BCUT2D eigenvalue weighted by Crippen LogP contribution is -3.17.